The van der Waals surface area contributed by atoms with E-state index in [-0.39, 0.29) is 0 Å². The van der Waals surface area contributed by atoms with Crippen molar-refractivity contribution in [1.82, 2.24) is 14.8 Å². The minimum absolute atomic E-state index is 0.764. The molecular weight excluding hydrogens is 248 g/mol. The Bertz CT molecular complexity index is 486. The Hall–Kier alpha value is -1.13. The van der Waals surface area contributed by atoms with Gasteiger partial charge in [-0.05, 0) is 63.9 Å². The van der Waals surface area contributed by atoms with Gasteiger partial charge in [-0.15, -0.1) is 0 Å². The summed E-state index contributed by atoms with van der Waals surface area (Å²) in [7, 11) is 0. The van der Waals surface area contributed by atoms with Crippen LogP contribution in [0.5, 0.6) is 0 Å². The third kappa shape index (κ3) is 2.67. The molecule has 0 amide bonds. The van der Waals surface area contributed by atoms with Crippen LogP contribution in [0.25, 0.3) is 0 Å². The maximum Gasteiger partial charge on any atom is 0.0593 e. The van der Waals surface area contributed by atoms with Crippen molar-refractivity contribution in [3.63, 3.8) is 0 Å². The molecule has 1 aromatic heterocycles. The van der Waals surface area contributed by atoms with Gasteiger partial charge in [-0.2, -0.15) is 0 Å². The van der Waals surface area contributed by atoms with E-state index in [1.807, 2.05) is 13.1 Å². The number of nitrogens with zero attached hydrogens (tertiary/aromatic N) is 3. The summed E-state index contributed by atoms with van der Waals surface area (Å²) >= 11 is 0. The summed E-state index contributed by atoms with van der Waals surface area (Å²) in [4.78, 5) is 9.85. The molecule has 0 spiro atoms. The van der Waals surface area contributed by atoms with Crippen LogP contribution in [0.15, 0.2) is 6.20 Å². The maximum absolute atomic E-state index is 6.14. The summed E-state index contributed by atoms with van der Waals surface area (Å²) in [5.41, 5.74) is 10.5. The number of rotatable bonds is 2. The highest BCUT2D eigenvalue weighted by molar-refractivity contribution is 5.53. The van der Waals surface area contributed by atoms with Crippen LogP contribution in [-0.2, 0) is 6.54 Å². The average molecular weight is 274 g/mol. The molecule has 1 aromatic rings. The smallest absolute Gasteiger partial charge is 0.0593 e. The second-order valence-electron chi connectivity index (χ2n) is 6.35. The summed E-state index contributed by atoms with van der Waals surface area (Å²) in [5.74, 6) is 0. The molecule has 20 heavy (non-hydrogen) atoms. The lowest BCUT2D eigenvalue weighted by Gasteiger charge is -2.26. The van der Waals surface area contributed by atoms with Crippen LogP contribution in [0.1, 0.15) is 36.1 Å². The van der Waals surface area contributed by atoms with Gasteiger partial charge in [0.2, 0.25) is 0 Å². The molecule has 2 aliphatic heterocycles. The number of nitrogens with two attached hydrogens (primary N) is 1. The zero-order chi connectivity index (χ0) is 14.1. The summed E-state index contributed by atoms with van der Waals surface area (Å²) < 4.78 is 0. The van der Waals surface area contributed by atoms with Crippen molar-refractivity contribution in [2.45, 2.75) is 45.7 Å². The van der Waals surface area contributed by atoms with Gasteiger partial charge in [-0.3, -0.25) is 14.8 Å². The fraction of sp³-hybridized carbons (Fsp3) is 0.688. The first kappa shape index (κ1) is 13.8. The van der Waals surface area contributed by atoms with Gasteiger partial charge >= 0.3 is 0 Å². The van der Waals surface area contributed by atoms with Gasteiger partial charge in [0.25, 0.3) is 0 Å². The Labute approximate surface area is 122 Å². The molecule has 0 aliphatic carbocycles. The van der Waals surface area contributed by atoms with Gasteiger partial charge in [0.05, 0.1) is 5.69 Å². The molecule has 4 nitrogen and oxygen atoms in total. The molecule has 2 aliphatic rings. The number of hydrogen-bond donors (Lipinski definition) is 1. The number of aryl methyl sites for hydroxylation is 1. The Morgan fingerprint density at radius 2 is 2.05 bits per heavy atom. The molecule has 0 radical (unpaired) electrons. The monoisotopic (exact) mass is 274 g/mol. The van der Waals surface area contributed by atoms with E-state index in [0.29, 0.717) is 0 Å². The number of fused-ring (bicyclic) bond motifs is 1. The molecule has 2 fully saturated rings. The third-order valence-electron chi connectivity index (χ3n) is 4.94. The van der Waals surface area contributed by atoms with E-state index in [2.05, 4.69) is 21.7 Å². The Kier molecular flexibility index (Phi) is 3.94. The minimum Gasteiger partial charge on any atom is -0.398 e. The van der Waals surface area contributed by atoms with E-state index >= 15 is 0 Å². The molecule has 2 N–H and O–H groups in total. The van der Waals surface area contributed by atoms with E-state index in [4.69, 9.17) is 5.73 Å². The molecule has 2 saturated heterocycles. The molecular formula is C16H26N4. The van der Waals surface area contributed by atoms with Gasteiger partial charge in [-0.25, -0.2) is 0 Å². The van der Waals surface area contributed by atoms with Crippen molar-refractivity contribution < 1.29 is 0 Å². The van der Waals surface area contributed by atoms with Gasteiger partial charge < -0.3 is 5.73 Å². The Morgan fingerprint density at radius 3 is 2.90 bits per heavy atom. The highest BCUT2D eigenvalue weighted by atomic mass is 15.3. The fourth-order valence-electron chi connectivity index (χ4n) is 3.59. The first-order valence-corrected chi connectivity index (χ1v) is 7.82. The quantitative estimate of drug-likeness (QED) is 0.895. The first-order chi connectivity index (χ1) is 9.65. The van der Waals surface area contributed by atoms with E-state index in [0.717, 1.165) is 35.1 Å². The molecule has 1 unspecified atom stereocenters. The predicted molar refractivity (Wildman–Crippen MR) is 82.6 cm³/mol. The van der Waals surface area contributed by atoms with Crippen molar-refractivity contribution >= 4 is 5.69 Å². The van der Waals surface area contributed by atoms with Crippen LogP contribution >= 0.6 is 0 Å². The van der Waals surface area contributed by atoms with Crippen LogP contribution in [0.4, 0.5) is 5.69 Å². The maximum atomic E-state index is 6.14. The number of anilines is 1. The first-order valence-electron chi connectivity index (χ1n) is 7.82. The molecule has 3 rings (SSSR count). The minimum atomic E-state index is 0.764. The van der Waals surface area contributed by atoms with Crippen LogP contribution in [0, 0.1) is 13.8 Å². The summed E-state index contributed by atoms with van der Waals surface area (Å²) in [5, 5.41) is 0. The van der Waals surface area contributed by atoms with Crippen molar-refractivity contribution in [2.75, 3.05) is 31.9 Å². The van der Waals surface area contributed by atoms with E-state index in [1.165, 1.54) is 45.4 Å². The van der Waals surface area contributed by atoms with Gasteiger partial charge in [-0.1, -0.05) is 0 Å². The molecule has 0 bridgehead atoms. The second kappa shape index (κ2) is 5.70. The number of aromatic nitrogens is 1. The standard InChI is InChI=1S/C16H26N4/c1-12-9-18-15(13(2)16(12)17)11-19-6-4-8-20-7-3-5-14(20)10-19/h9,14H,3-8,10-11H2,1-2H3,(H2,17,18). The van der Waals surface area contributed by atoms with Crippen LogP contribution < -0.4 is 5.73 Å². The normalized spacial score (nSPS) is 24.6. The highest BCUT2D eigenvalue weighted by Crippen LogP contribution is 2.24. The van der Waals surface area contributed by atoms with Crippen LogP contribution in [0.2, 0.25) is 0 Å². The molecule has 110 valence electrons. The molecule has 0 aromatic carbocycles. The average Bonchev–Trinajstić information content (AvgIpc) is 2.78. The third-order valence-corrected chi connectivity index (χ3v) is 4.94. The summed E-state index contributed by atoms with van der Waals surface area (Å²) in [6, 6.07) is 0.764. The van der Waals surface area contributed by atoms with Crippen molar-refractivity contribution in [3.05, 3.63) is 23.0 Å². The number of pyridine rings is 1. The number of hydrogen-bond acceptors (Lipinski definition) is 4. The van der Waals surface area contributed by atoms with Crippen molar-refractivity contribution in [3.8, 4) is 0 Å². The van der Waals surface area contributed by atoms with Gasteiger partial charge in [0.1, 0.15) is 0 Å². The molecule has 1 atom stereocenters. The van der Waals surface area contributed by atoms with Crippen molar-refractivity contribution in [2.24, 2.45) is 0 Å². The largest absolute Gasteiger partial charge is 0.398 e. The Balaban J connectivity index is 1.72. The highest BCUT2D eigenvalue weighted by Gasteiger charge is 2.28. The van der Waals surface area contributed by atoms with Gasteiger partial charge in [0, 0.05) is 31.0 Å². The predicted octanol–water partition coefficient (Wildman–Crippen LogP) is 1.95. The Morgan fingerprint density at radius 1 is 1.25 bits per heavy atom. The van der Waals surface area contributed by atoms with Crippen LogP contribution in [0.3, 0.4) is 0 Å². The number of nitrogen functional groups attached to an aromatic ring is 1. The lowest BCUT2D eigenvalue weighted by atomic mass is 10.1. The summed E-state index contributed by atoms with van der Waals surface area (Å²) in [6.07, 6.45) is 5.92. The molecule has 0 saturated carbocycles. The second-order valence-corrected chi connectivity index (χ2v) is 6.35. The lowest BCUT2D eigenvalue weighted by Crippen LogP contribution is -2.36. The van der Waals surface area contributed by atoms with Crippen LogP contribution in [-0.4, -0.2) is 47.0 Å². The zero-order valence-corrected chi connectivity index (χ0v) is 12.7. The lowest BCUT2D eigenvalue weighted by molar-refractivity contribution is 0.214. The van der Waals surface area contributed by atoms with E-state index in [1.54, 1.807) is 0 Å². The topological polar surface area (TPSA) is 45.4 Å². The fourth-order valence-corrected chi connectivity index (χ4v) is 3.59. The van der Waals surface area contributed by atoms with Crippen molar-refractivity contribution in [1.29, 1.82) is 0 Å². The molecule has 4 heteroatoms. The van der Waals surface area contributed by atoms with E-state index < -0.39 is 0 Å². The zero-order valence-electron chi connectivity index (χ0n) is 12.7. The SMILES string of the molecule is Cc1cnc(CN2CCCN3CCCC3C2)c(C)c1N. The molecule has 3 heterocycles. The van der Waals surface area contributed by atoms with E-state index in [9.17, 15) is 0 Å². The summed E-state index contributed by atoms with van der Waals surface area (Å²) in [6.45, 7) is 10.0. The van der Waals surface area contributed by atoms with Gasteiger partial charge in [0.15, 0.2) is 0 Å².